The number of pyridine rings is 1. The van der Waals surface area contributed by atoms with E-state index < -0.39 is 0 Å². The second kappa shape index (κ2) is 7.36. The average Bonchev–Trinajstić information content (AvgIpc) is 3.49. The van der Waals surface area contributed by atoms with Gasteiger partial charge in [0.1, 0.15) is 0 Å². The number of likely N-dealkylation sites (tertiary alicyclic amines) is 1. The van der Waals surface area contributed by atoms with Gasteiger partial charge in [-0.1, -0.05) is 24.6 Å². The van der Waals surface area contributed by atoms with Crippen LogP contribution in [0.15, 0.2) is 48.7 Å². The zero-order chi connectivity index (χ0) is 17.1. The van der Waals surface area contributed by atoms with Crippen LogP contribution in [0.25, 0.3) is 0 Å². The first kappa shape index (κ1) is 16.3. The van der Waals surface area contributed by atoms with Crippen LogP contribution < -0.4 is 5.32 Å². The Morgan fingerprint density at radius 2 is 1.92 bits per heavy atom. The molecule has 4 rings (SSSR count). The molecule has 2 fully saturated rings. The van der Waals surface area contributed by atoms with E-state index in [2.05, 4.69) is 27.3 Å². The Kier molecular flexibility index (Phi) is 4.79. The zero-order valence-electron chi connectivity index (χ0n) is 14.5. The molecule has 25 heavy (non-hydrogen) atoms. The molecule has 2 heterocycles. The third-order valence-corrected chi connectivity index (χ3v) is 5.23. The first-order chi connectivity index (χ1) is 12.3. The zero-order valence-corrected chi connectivity index (χ0v) is 14.5. The number of hydrogen-bond donors (Lipinski definition) is 1. The number of nitrogens with zero attached hydrogens (tertiary/aromatic N) is 2. The Morgan fingerprint density at radius 1 is 1.08 bits per heavy atom. The molecule has 1 saturated carbocycles. The lowest BCUT2D eigenvalue weighted by molar-refractivity contribution is -0.122. The number of carbonyl (C=O) groups is 1. The van der Waals surface area contributed by atoms with E-state index in [9.17, 15) is 4.79 Å². The Bertz CT molecular complexity index is 710. The molecule has 1 atom stereocenters. The average molecular weight is 335 g/mol. The number of hydrogen-bond acceptors (Lipinski definition) is 3. The predicted octanol–water partition coefficient (Wildman–Crippen LogP) is 3.95. The summed E-state index contributed by atoms with van der Waals surface area (Å²) in [5.41, 5.74) is 3.32. The molecule has 2 aliphatic rings. The van der Waals surface area contributed by atoms with Gasteiger partial charge in [-0.3, -0.25) is 14.7 Å². The third-order valence-electron chi connectivity index (χ3n) is 5.23. The highest BCUT2D eigenvalue weighted by Crippen LogP contribution is 2.40. The van der Waals surface area contributed by atoms with Crippen molar-refractivity contribution < 1.29 is 4.79 Å². The fourth-order valence-electron chi connectivity index (χ4n) is 3.66. The molecule has 4 heteroatoms. The number of nitrogens with one attached hydrogen (secondary N) is 1. The lowest BCUT2D eigenvalue weighted by Crippen LogP contribution is -2.46. The Balaban J connectivity index is 1.41. The molecule has 1 aliphatic heterocycles. The van der Waals surface area contributed by atoms with Gasteiger partial charge in [-0.2, -0.15) is 0 Å². The van der Waals surface area contributed by atoms with E-state index in [-0.39, 0.29) is 11.9 Å². The van der Waals surface area contributed by atoms with E-state index in [4.69, 9.17) is 0 Å². The number of aromatic nitrogens is 1. The first-order valence-corrected chi connectivity index (χ1v) is 9.34. The minimum Gasteiger partial charge on any atom is -0.325 e. The molecule has 130 valence electrons. The van der Waals surface area contributed by atoms with Gasteiger partial charge in [0.15, 0.2) is 0 Å². The van der Waals surface area contributed by atoms with Gasteiger partial charge in [0.2, 0.25) is 5.91 Å². The van der Waals surface area contributed by atoms with Gasteiger partial charge in [-0.25, -0.2) is 0 Å². The van der Waals surface area contributed by atoms with E-state index in [1.54, 1.807) is 0 Å². The van der Waals surface area contributed by atoms with Crippen molar-refractivity contribution in [1.29, 1.82) is 0 Å². The van der Waals surface area contributed by atoms with Crippen molar-refractivity contribution in [1.82, 2.24) is 9.88 Å². The predicted molar refractivity (Wildman–Crippen MR) is 99.3 cm³/mol. The van der Waals surface area contributed by atoms with Crippen LogP contribution in [-0.2, 0) is 11.3 Å². The SMILES string of the molecule is O=C(Nc1ccc(C2CC2)cc1)[C@H]1CCCCN1Cc1ccccn1. The van der Waals surface area contributed by atoms with Crippen LogP contribution >= 0.6 is 0 Å². The van der Waals surface area contributed by atoms with Crippen molar-refractivity contribution in [3.63, 3.8) is 0 Å². The Hall–Kier alpha value is -2.20. The van der Waals surface area contributed by atoms with Crippen LogP contribution in [-0.4, -0.2) is 28.4 Å². The molecule has 1 aliphatic carbocycles. The van der Waals surface area contributed by atoms with Crippen LogP contribution in [0.4, 0.5) is 5.69 Å². The molecule has 0 spiro atoms. The maximum atomic E-state index is 12.8. The van der Waals surface area contributed by atoms with Crippen molar-refractivity contribution in [2.45, 2.75) is 50.6 Å². The molecule has 2 aromatic rings. The van der Waals surface area contributed by atoms with Crippen molar-refractivity contribution in [2.75, 3.05) is 11.9 Å². The molecular weight excluding hydrogens is 310 g/mol. The number of carbonyl (C=O) groups excluding carboxylic acids is 1. The smallest absolute Gasteiger partial charge is 0.241 e. The largest absolute Gasteiger partial charge is 0.325 e. The quantitative estimate of drug-likeness (QED) is 0.900. The molecule has 1 aromatic heterocycles. The molecule has 0 radical (unpaired) electrons. The van der Waals surface area contributed by atoms with Gasteiger partial charge < -0.3 is 5.32 Å². The van der Waals surface area contributed by atoms with Crippen molar-refractivity contribution in [3.05, 3.63) is 59.9 Å². The number of piperidine rings is 1. The summed E-state index contributed by atoms with van der Waals surface area (Å²) in [5, 5.41) is 3.11. The molecule has 1 N–H and O–H groups in total. The van der Waals surface area contributed by atoms with Gasteiger partial charge in [0.05, 0.1) is 11.7 Å². The molecule has 4 nitrogen and oxygen atoms in total. The van der Waals surface area contributed by atoms with Crippen LogP contribution in [0.5, 0.6) is 0 Å². The number of rotatable bonds is 5. The maximum Gasteiger partial charge on any atom is 0.241 e. The Labute approximate surface area is 149 Å². The topological polar surface area (TPSA) is 45.2 Å². The number of anilines is 1. The molecule has 1 amide bonds. The van der Waals surface area contributed by atoms with Gasteiger partial charge in [0.25, 0.3) is 0 Å². The third kappa shape index (κ3) is 4.07. The van der Waals surface area contributed by atoms with E-state index >= 15 is 0 Å². The highest BCUT2D eigenvalue weighted by molar-refractivity contribution is 5.94. The van der Waals surface area contributed by atoms with Crippen LogP contribution in [0.1, 0.15) is 49.3 Å². The van der Waals surface area contributed by atoms with E-state index in [0.717, 1.165) is 49.7 Å². The summed E-state index contributed by atoms with van der Waals surface area (Å²) >= 11 is 0. The minimum absolute atomic E-state index is 0.0705. The van der Waals surface area contributed by atoms with Gasteiger partial charge >= 0.3 is 0 Å². The monoisotopic (exact) mass is 335 g/mol. The van der Waals surface area contributed by atoms with Crippen molar-refractivity contribution >= 4 is 11.6 Å². The summed E-state index contributed by atoms with van der Waals surface area (Å²) in [6.07, 6.45) is 7.59. The normalized spacial score (nSPS) is 21.0. The second-order valence-electron chi connectivity index (χ2n) is 7.19. The van der Waals surface area contributed by atoms with Gasteiger partial charge in [0, 0.05) is 18.4 Å². The Morgan fingerprint density at radius 3 is 2.64 bits per heavy atom. The first-order valence-electron chi connectivity index (χ1n) is 9.34. The minimum atomic E-state index is -0.0705. The van der Waals surface area contributed by atoms with E-state index in [0.29, 0.717) is 0 Å². The van der Waals surface area contributed by atoms with E-state index in [1.807, 2.05) is 36.5 Å². The maximum absolute atomic E-state index is 12.8. The second-order valence-corrected chi connectivity index (χ2v) is 7.19. The fraction of sp³-hybridized carbons (Fsp3) is 0.429. The van der Waals surface area contributed by atoms with Crippen LogP contribution in [0, 0.1) is 0 Å². The number of amides is 1. The van der Waals surface area contributed by atoms with E-state index in [1.165, 1.54) is 18.4 Å². The summed E-state index contributed by atoms with van der Waals surface area (Å²) < 4.78 is 0. The molecule has 0 unspecified atom stereocenters. The summed E-state index contributed by atoms with van der Waals surface area (Å²) in [4.78, 5) is 19.5. The summed E-state index contributed by atoms with van der Waals surface area (Å²) in [6.45, 7) is 1.69. The van der Waals surface area contributed by atoms with Gasteiger partial charge in [-0.15, -0.1) is 0 Å². The summed E-state index contributed by atoms with van der Waals surface area (Å²) in [6, 6.07) is 14.3. The summed E-state index contributed by atoms with van der Waals surface area (Å²) in [7, 11) is 0. The molecule has 0 bridgehead atoms. The fourth-order valence-corrected chi connectivity index (χ4v) is 3.66. The highest BCUT2D eigenvalue weighted by Gasteiger charge is 2.29. The van der Waals surface area contributed by atoms with Crippen LogP contribution in [0.3, 0.4) is 0 Å². The van der Waals surface area contributed by atoms with Crippen molar-refractivity contribution in [2.24, 2.45) is 0 Å². The van der Waals surface area contributed by atoms with Crippen LogP contribution in [0.2, 0.25) is 0 Å². The highest BCUT2D eigenvalue weighted by atomic mass is 16.2. The molecule has 1 saturated heterocycles. The lowest BCUT2D eigenvalue weighted by Gasteiger charge is -2.34. The molecular formula is C21H25N3O. The molecule has 1 aromatic carbocycles. The lowest BCUT2D eigenvalue weighted by atomic mass is 10.0. The number of benzene rings is 1. The summed E-state index contributed by atoms with van der Waals surface area (Å²) in [5.74, 6) is 0.853. The van der Waals surface area contributed by atoms with Gasteiger partial charge in [-0.05, 0) is 68.0 Å². The standard InChI is InChI=1S/C21H25N3O/c25-21(23-18-11-9-17(10-12-18)16-7-8-16)20-6-2-4-14-24(20)15-19-5-1-3-13-22-19/h1,3,5,9-13,16,20H,2,4,6-8,14-15H2,(H,23,25)/t20-/m1/s1. The van der Waals surface area contributed by atoms with Crippen molar-refractivity contribution in [3.8, 4) is 0 Å².